The van der Waals surface area contributed by atoms with Crippen molar-refractivity contribution in [1.82, 2.24) is 15.3 Å². The minimum atomic E-state index is 0.227. The molecule has 2 heterocycles. The van der Waals surface area contributed by atoms with E-state index >= 15 is 0 Å². The maximum atomic E-state index is 9.66. The molecule has 0 aromatic carbocycles. The monoisotopic (exact) mass is 243 g/mol. The highest BCUT2D eigenvalue weighted by molar-refractivity contribution is 5.27. The fourth-order valence-corrected chi connectivity index (χ4v) is 1.74. The summed E-state index contributed by atoms with van der Waals surface area (Å²) >= 11 is 0. The van der Waals surface area contributed by atoms with E-state index in [9.17, 15) is 5.11 Å². The molecule has 2 aromatic heterocycles. The van der Waals surface area contributed by atoms with Crippen molar-refractivity contribution in [2.24, 2.45) is 0 Å². The van der Waals surface area contributed by atoms with E-state index in [0.717, 1.165) is 17.1 Å². The zero-order chi connectivity index (χ0) is 13.0. The normalized spacial score (nSPS) is 10.6. The van der Waals surface area contributed by atoms with E-state index in [-0.39, 0.29) is 5.75 Å². The molecule has 2 N–H and O–H groups in total. The molecule has 4 heteroatoms. The van der Waals surface area contributed by atoms with Crippen LogP contribution in [-0.2, 0) is 13.1 Å². The van der Waals surface area contributed by atoms with Crippen LogP contribution >= 0.6 is 0 Å². The van der Waals surface area contributed by atoms with Crippen molar-refractivity contribution in [3.8, 4) is 5.75 Å². The Bertz CT molecular complexity index is 540. The van der Waals surface area contributed by atoms with Crippen molar-refractivity contribution in [3.05, 3.63) is 53.1 Å². The Morgan fingerprint density at radius 2 is 1.78 bits per heavy atom. The van der Waals surface area contributed by atoms with Gasteiger partial charge in [0.05, 0.1) is 11.4 Å². The van der Waals surface area contributed by atoms with Gasteiger partial charge in [-0.1, -0.05) is 6.07 Å². The molecule has 94 valence electrons. The summed E-state index contributed by atoms with van der Waals surface area (Å²) in [5, 5.41) is 12.9. The van der Waals surface area contributed by atoms with Gasteiger partial charge in [-0.3, -0.25) is 9.97 Å². The van der Waals surface area contributed by atoms with Crippen LogP contribution in [0.15, 0.2) is 30.3 Å². The number of aromatic hydroxyl groups is 1. The zero-order valence-electron chi connectivity index (χ0n) is 10.6. The molecule has 2 rings (SSSR count). The molecule has 0 amide bonds. The summed E-state index contributed by atoms with van der Waals surface area (Å²) in [7, 11) is 0. The van der Waals surface area contributed by atoms with Crippen LogP contribution in [0.4, 0.5) is 0 Å². The summed E-state index contributed by atoms with van der Waals surface area (Å²) in [6.07, 6.45) is 0. The van der Waals surface area contributed by atoms with Gasteiger partial charge in [-0.15, -0.1) is 0 Å². The Hall–Kier alpha value is -1.94. The number of hydrogen-bond acceptors (Lipinski definition) is 4. The minimum absolute atomic E-state index is 0.227. The highest BCUT2D eigenvalue weighted by Crippen LogP contribution is 2.14. The average molecular weight is 243 g/mol. The average Bonchev–Trinajstić information content (AvgIpc) is 2.34. The Labute approximate surface area is 107 Å². The molecule has 0 atom stereocenters. The molecule has 0 spiro atoms. The number of nitrogens with one attached hydrogen (secondary N) is 1. The summed E-state index contributed by atoms with van der Waals surface area (Å²) in [5.74, 6) is 0.227. The summed E-state index contributed by atoms with van der Waals surface area (Å²) in [5.41, 5.74) is 3.56. The lowest BCUT2D eigenvalue weighted by atomic mass is 10.2. The van der Waals surface area contributed by atoms with Gasteiger partial charge >= 0.3 is 0 Å². The van der Waals surface area contributed by atoms with Gasteiger partial charge < -0.3 is 10.4 Å². The molecule has 0 aliphatic heterocycles. The van der Waals surface area contributed by atoms with Gasteiger partial charge in [0.2, 0.25) is 0 Å². The van der Waals surface area contributed by atoms with E-state index in [1.807, 2.05) is 32.0 Å². The van der Waals surface area contributed by atoms with Gasteiger partial charge in [0.25, 0.3) is 0 Å². The third-order valence-corrected chi connectivity index (χ3v) is 2.63. The van der Waals surface area contributed by atoms with Crippen molar-refractivity contribution in [1.29, 1.82) is 0 Å². The topological polar surface area (TPSA) is 58.0 Å². The lowest BCUT2D eigenvalue weighted by Gasteiger charge is -2.07. The van der Waals surface area contributed by atoms with E-state index in [4.69, 9.17) is 0 Å². The van der Waals surface area contributed by atoms with Gasteiger partial charge in [-0.25, -0.2) is 0 Å². The Kier molecular flexibility index (Phi) is 3.89. The Morgan fingerprint density at radius 1 is 1.00 bits per heavy atom. The van der Waals surface area contributed by atoms with E-state index in [2.05, 4.69) is 15.3 Å². The van der Waals surface area contributed by atoms with E-state index < -0.39 is 0 Å². The number of pyridine rings is 2. The van der Waals surface area contributed by atoms with Crippen molar-refractivity contribution in [2.75, 3.05) is 0 Å². The quantitative estimate of drug-likeness (QED) is 0.863. The molecular weight excluding hydrogens is 226 g/mol. The number of aromatic nitrogens is 2. The smallest absolute Gasteiger partial charge is 0.138 e. The molecular formula is C14H17N3O. The molecule has 0 bridgehead atoms. The molecule has 0 unspecified atom stereocenters. The summed E-state index contributed by atoms with van der Waals surface area (Å²) in [6.45, 7) is 5.07. The van der Waals surface area contributed by atoms with Gasteiger partial charge in [0, 0.05) is 24.5 Å². The molecule has 0 saturated heterocycles. The predicted octanol–water partition coefficient (Wildman–Crippen LogP) is 2.09. The number of rotatable bonds is 4. The molecule has 0 fully saturated rings. The summed E-state index contributed by atoms with van der Waals surface area (Å²) in [6, 6.07) is 9.40. The standard InChI is InChI=1S/C14H17N3O/c1-10-4-3-5-12(16-10)8-15-9-13-14(18)7-6-11(2)17-13/h3-7,15,18H,8-9H2,1-2H3. The van der Waals surface area contributed by atoms with Crippen LogP contribution in [0.5, 0.6) is 5.75 Å². The van der Waals surface area contributed by atoms with Gasteiger partial charge in [-0.2, -0.15) is 0 Å². The van der Waals surface area contributed by atoms with Crippen LogP contribution in [-0.4, -0.2) is 15.1 Å². The lowest BCUT2D eigenvalue weighted by molar-refractivity contribution is 0.458. The number of aryl methyl sites for hydroxylation is 2. The minimum Gasteiger partial charge on any atom is -0.506 e. The van der Waals surface area contributed by atoms with Crippen LogP contribution in [0.3, 0.4) is 0 Å². The molecule has 0 radical (unpaired) electrons. The molecule has 4 nitrogen and oxygen atoms in total. The van der Waals surface area contributed by atoms with Crippen molar-refractivity contribution < 1.29 is 5.11 Å². The fraction of sp³-hybridized carbons (Fsp3) is 0.286. The van der Waals surface area contributed by atoms with Crippen LogP contribution in [0.2, 0.25) is 0 Å². The van der Waals surface area contributed by atoms with Crippen LogP contribution in [0, 0.1) is 13.8 Å². The summed E-state index contributed by atoms with van der Waals surface area (Å²) < 4.78 is 0. The first-order valence-corrected chi connectivity index (χ1v) is 5.94. The SMILES string of the molecule is Cc1cccc(CNCc2nc(C)ccc2O)n1. The van der Waals surface area contributed by atoms with Crippen LogP contribution in [0.1, 0.15) is 22.8 Å². The van der Waals surface area contributed by atoms with Crippen molar-refractivity contribution in [3.63, 3.8) is 0 Å². The van der Waals surface area contributed by atoms with Gasteiger partial charge in [0.1, 0.15) is 5.75 Å². The molecule has 18 heavy (non-hydrogen) atoms. The Morgan fingerprint density at radius 3 is 2.56 bits per heavy atom. The highest BCUT2D eigenvalue weighted by atomic mass is 16.3. The third kappa shape index (κ3) is 3.28. The molecule has 0 saturated carbocycles. The summed E-state index contributed by atoms with van der Waals surface area (Å²) in [4.78, 5) is 8.69. The second kappa shape index (κ2) is 5.60. The van der Waals surface area contributed by atoms with Crippen molar-refractivity contribution >= 4 is 0 Å². The van der Waals surface area contributed by atoms with Crippen LogP contribution < -0.4 is 5.32 Å². The zero-order valence-corrected chi connectivity index (χ0v) is 10.6. The predicted molar refractivity (Wildman–Crippen MR) is 70.2 cm³/mol. The second-order valence-corrected chi connectivity index (χ2v) is 4.29. The first-order valence-electron chi connectivity index (χ1n) is 5.94. The molecule has 0 aliphatic rings. The van der Waals surface area contributed by atoms with Gasteiger partial charge in [0.15, 0.2) is 0 Å². The molecule has 0 aliphatic carbocycles. The lowest BCUT2D eigenvalue weighted by Crippen LogP contribution is -2.15. The van der Waals surface area contributed by atoms with E-state index in [1.165, 1.54) is 0 Å². The second-order valence-electron chi connectivity index (χ2n) is 4.29. The van der Waals surface area contributed by atoms with E-state index in [1.54, 1.807) is 12.1 Å². The first kappa shape index (κ1) is 12.5. The maximum Gasteiger partial charge on any atom is 0.138 e. The number of hydrogen-bond donors (Lipinski definition) is 2. The Balaban J connectivity index is 1.94. The maximum absolute atomic E-state index is 9.66. The number of nitrogens with zero attached hydrogens (tertiary/aromatic N) is 2. The fourth-order valence-electron chi connectivity index (χ4n) is 1.74. The largest absolute Gasteiger partial charge is 0.506 e. The van der Waals surface area contributed by atoms with Gasteiger partial charge in [-0.05, 0) is 38.1 Å². The first-order chi connectivity index (χ1) is 8.65. The van der Waals surface area contributed by atoms with E-state index in [0.29, 0.717) is 18.8 Å². The van der Waals surface area contributed by atoms with Crippen LogP contribution in [0.25, 0.3) is 0 Å². The highest BCUT2D eigenvalue weighted by Gasteiger charge is 2.03. The molecule has 2 aromatic rings. The third-order valence-electron chi connectivity index (χ3n) is 2.63. The van der Waals surface area contributed by atoms with Crippen molar-refractivity contribution in [2.45, 2.75) is 26.9 Å².